The summed E-state index contributed by atoms with van der Waals surface area (Å²) in [5.41, 5.74) is 2.89. The topological polar surface area (TPSA) is 108 Å². The van der Waals surface area contributed by atoms with Crippen molar-refractivity contribution in [1.29, 1.82) is 0 Å². The Bertz CT molecular complexity index is 1330. The van der Waals surface area contributed by atoms with E-state index < -0.39 is 23.9 Å². The summed E-state index contributed by atoms with van der Waals surface area (Å²) in [7, 11) is 0. The molecule has 0 heterocycles. The average molecular weight is 537 g/mol. The second-order valence-electron chi connectivity index (χ2n) is 9.14. The molecule has 0 bridgehead atoms. The monoisotopic (exact) mass is 536 g/mol. The first-order chi connectivity index (χ1) is 19.6. The van der Waals surface area contributed by atoms with Gasteiger partial charge in [0.15, 0.2) is 0 Å². The highest BCUT2D eigenvalue weighted by Crippen LogP contribution is 2.19. The molecule has 0 radical (unpaired) electrons. The number of rotatable bonds is 12. The zero-order valence-corrected chi connectivity index (χ0v) is 21.9. The van der Waals surface area contributed by atoms with Crippen molar-refractivity contribution in [2.75, 3.05) is 13.2 Å². The van der Waals surface area contributed by atoms with E-state index in [0.29, 0.717) is 29.0 Å². The summed E-state index contributed by atoms with van der Waals surface area (Å²) in [6.07, 6.45) is 1.48. The number of benzene rings is 4. The van der Waals surface area contributed by atoms with Crippen molar-refractivity contribution in [3.63, 3.8) is 0 Å². The van der Waals surface area contributed by atoms with E-state index in [1.807, 2.05) is 42.5 Å². The summed E-state index contributed by atoms with van der Waals surface area (Å²) in [5, 5.41) is 25.4. The highest BCUT2D eigenvalue weighted by atomic mass is 16.5. The molecule has 0 unspecified atom stereocenters. The summed E-state index contributed by atoms with van der Waals surface area (Å²) in [6, 6.07) is 33.5. The molecule has 7 heteroatoms. The molecule has 0 spiro atoms. The molecule has 0 aromatic heterocycles. The molecule has 40 heavy (non-hydrogen) atoms. The minimum Gasteiger partial charge on any atom is -0.489 e. The van der Waals surface area contributed by atoms with Gasteiger partial charge in [0.05, 0.1) is 25.3 Å². The zero-order chi connectivity index (χ0) is 28.2. The Labute approximate surface area is 233 Å². The Morgan fingerprint density at radius 3 is 1.55 bits per heavy atom. The van der Waals surface area contributed by atoms with Crippen LogP contribution in [-0.4, -0.2) is 35.2 Å². The van der Waals surface area contributed by atoms with E-state index in [4.69, 9.17) is 4.74 Å². The first kappa shape index (κ1) is 28.3. The fourth-order valence-corrected chi connectivity index (χ4v) is 4.11. The van der Waals surface area contributed by atoms with Crippen LogP contribution < -0.4 is 15.4 Å². The third-order valence-corrected chi connectivity index (χ3v) is 6.31. The first-order valence-corrected chi connectivity index (χ1v) is 13.0. The van der Waals surface area contributed by atoms with Crippen LogP contribution >= 0.6 is 0 Å². The summed E-state index contributed by atoms with van der Waals surface area (Å²) in [5.74, 6) is -0.672. The fourth-order valence-electron chi connectivity index (χ4n) is 4.11. The molecule has 0 fully saturated rings. The normalized spacial score (nSPS) is 12.1. The molecule has 0 aliphatic carbocycles. The minimum atomic E-state index is -0.707. The van der Waals surface area contributed by atoms with E-state index in [2.05, 4.69) is 10.6 Å². The second-order valence-corrected chi connectivity index (χ2v) is 9.14. The highest BCUT2D eigenvalue weighted by Gasteiger charge is 2.24. The molecule has 4 rings (SSSR count). The molecule has 2 atom stereocenters. The molecule has 0 saturated carbocycles. The average Bonchev–Trinajstić information content (AvgIpc) is 3.02. The molecule has 0 aliphatic rings. The smallest absolute Gasteiger partial charge is 0.257 e. The molecule has 0 saturated heterocycles. The summed E-state index contributed by atoms with van der Waals surface area (Å²) in [4.78, 5) is 26.9. The predicted molar refractivity (Wildman–Crippen MR) is 154 cm³/mol. The molecule has 4 aromatic rings. The van der Waals surface area contributed by atoms with Crippen molar-refractivity contribution in [3.8, 4) is 5.75 Å². The lowest BCUT2D eigenvalue weighted by atomic mass is 10.0. The van der Waals surface area contributed by atoms with Crippen LogP contribution in [0.3, 0.4) is 0 Å². The van der Waals surface area contributed by atoms with Crippen molar-refractivity contribution in [1.82, 2.24) is 10.6 Å². The Hall–Kier alpha value is -4.72. The number of hydrogen-bond acceptors (Lipinski definition) is 5. The number of ether oxygens (including phenoxy) is 1. The maximum atomic E-state index is 13.4. The van der Waals surface area contributed by atoms with Crippen LogP contribution in [0.2, 0.25) is 0 Å². The van der Waals surface area contributed by atoms with Crippen LogP contribution in [0.15, 0.2) is 121 Å². The standard InChI is InChI=1S/C33H32N2O5/c36-21-30(26-12-6-2-7-13-26)34-32(38)29(33(39)35-31(22-37)27-14-8-3-9-15-27)20-24-16-18-28(19-17-24)40-23-25-10-4-1-5-11-25/h1-20,30-31,36-37H,21-23H2,(H,34,38)(H,35,39)/t30-,31-/m0/s1. The molecule has 2 amide bonds. The number of hydrogen-bond donors (Lipinski definition) is 4. The maximum absolute atomic E-state index is 13.4. The largest absolute Gasteiger partial charge is 0.489 e. The van der Waals surface area contributed by atoms with E-state index in [1.165, 1.54) is 6.08 Å². The van der Waals surface area contributed by atoms with Crippen molar-refractivity contribution in [2.45, 2.75) is 18.7 Å². The molecular formula is C33H32N2O5. The van der Waals surface area contributed by atoms with Gasteiger partial charge in [-0.05, 0) is 40.5 Å². The van der Waals surface area contributed by atoms with Gasteiger partial charge in [0.25, 0.3) is 11.8 Å². The molecule has 4 aromatic carbocycles. The molecular weight excluding hydrogens is 504 g/mol. The third-order valence-electron chi connectivity index (χ3n) is 6.31. The molecule has 7 nitrogen and oxygen atoms in total. The van der Waals surface area contributed by atoms with Gasteiger partial charge in [-0.2, -0.15) is 0 Å². The predicted octanol–water partition coefficient (Wildman–Crippen LogP) is 4.35. The first-order valence-electron chi connectivity index (χ1n) is 13.0. The van der Waals surface area contributed by atoms with Gasteiger partial charge in [-0.3, -0.25) is 9.59 Å². The van der Waals surface area contributed by atoms with E-state index in [-0.39, 0.29) is 18.8 Å². The Balaban J connectivity index is 1.56. The van der Waals surface area contributed by atoms with Crippen LogP contribution in [-0.2, 0) is 16.2 Å². The maximum Gasteiger partial charge on any atom is 0.257 e. The second kappa shape index (κ2) is 14.4. The van der Waals surface area contributed by atoms with E-state index >= 15 is 0 Å². The third kappa shape index (κ3) is 7.89. The molecule has 0 aliphatic heterocycles. The Morgan fingerprint density at radius 2 is 1.10 bits per heavy atom. The number of carbonyl (C=O) groups is 2. The van der Waals surface area contributed by atoms with E-state index in [9.17, 15) is 19.8 Å². The lowest BCUT2D eigenvalue weighted by Crippen LogP contribution is -2.39. The van der Waals surface area contributed by atoms with Gasteiger partial charge in [0.1, 0.15) is 17.9 Å². The van der Waals surface area contributed by atoms with Crippen LogP contribution in [0.5, 0.6) is 5.75 Å². The number of amides is 2. The van der Waals surface area contributed by atoms with Crippen molar-refractivity contribution in [3.05, 3.63) is 143 Å². The molecule has 204 valence electrons. The van der Waals surface area contributed by atoms with Gasteiger partial charge in [0.2, 0.25) is 0 Å². The van der Waals surface area contributed by atoms with Crippen LogP contribution in [0.25, 0.3) is 6.08 Å². The number of nitrogens with one attached hydrogen (secondary N) is 2. The zero-order valence-electron chi connectivity index (χ0n) is 21.9. The van der Waals surface area contributed by atoms with Gasteiger partial charge in [0, 0.05) is 0 Å². The highest BCUT2D eigenvalue weighted by molar-refractivity contribution is 6.21. The lowest BCUT2D eigenvalue weighted by molar-refractivity contribution is -0.124. The van der Waals surface area contributed by atoms with Gasteiger partial charge in [-0.25, -0.2) is 0 Å². The quantitative estimate of drug-likeness (QED) is 0.122. The summed E-state index contributed by atoms with van der Waals surface area (Å²) >= 11 is 0. The van der Waals surface area contributed by atoms with E-state index in [0.717, 1.165) is 5.56 Å². The van der Waals surface area contributed by atoms with Crippen molar-refractivity contribution >= 4 is 17.9 Å². The lowest BCUT2D eigenvalue weighted by Gasteiger charge is -2.20. The van der Waals surface area contributed by atoms with Crippen LogP contribution in [0.1, 0.15) is 34.3 Å². The Kier molecular flexibility index (Phi) is 10.2. The number of aliphatic hydroxyl groups is 2. The summed E-state index contributed by atoms with van der Waals surface area (Å²) in [6.45, 7) is -0.279. The minimum absolute atomic E-state index is 0.165. The van der Waals surface area contributed by atoms with Crippen LogP contribution in [0, 0.1) is 0 Å². The van der Waals surface area contributed by atoms with Crippen LogP contribution in [0.4, 0.5) is 0 Å². The van der Waals surface area contributed by atoms with Crippen molar-refractivity contribution < 1.29 is 24.5 Å². The number of carbonyl (C=O) groups excluding carboxylic acids is 2. The fraction of sp³-hybridized carbons (Fsp3) is 0.152. The molecule has 4 N–H and O–H groups in total. The van der Waals surface area contributed by atoms with E-state index in [1.54, 1.807) is 72.8 Å². The van der Waals surface area contributed by atoms with Crippen molar-refractivity contribution in [2.24, 2.45) is 0 Å². The Morgan fingerprint density at radius 1 is 0.650 bits per heavy atom. The SMILES string of the molecule is O=C(N[C@@H](CO)c1ccccc1)C(=Cc1ccc(OCc2ccccc2)cc1)C(=O)N[C@@H](CO)c1ccccc1. The van der Waals surface area contributed by atoms with Gasteiger partial charge >= 0.3 is 0 Å². The summed E-state index contributed by atoms with van der Waals surface area (Å²) < 4.78 is 5.84. The van der Waals surface area contributed by atoms with Gasteiger partial charge in [-0.15, -0.1) is 0 Å². The number of aliphatic hydroxyl groups excluding tert-OH is 2. The van der Waals surface area contributed by atoms with Gasteiger partial charge < -0.3 is 25.6 Å². The van der Waals surface area contributed by atoms with Gasteiger partial charge in [-0.1, -0.05) is 103 Å².